The van der Waals surface area contributed by atoms with E-state index in [1.54, 1.807) is 4.90 Å². The van der Waals surface area contributed by atoms with Gasteiger partial charge in [0.2, 0.25) is 0 Å². The molecule has 0 radical (unpaired) electrons. The number of carbonyl (C=O) groups excluding carboxylic acids is 1. The fourth-order valence-electron chi connectivity index (χ4n) is 4.06. The maximum Gasteiger partial charge on any atom is 0.266 e. The van der Waals surface area contributed by atoms with Gasteiger partial charge in [0.25, 0.3) is 5.91 Å². The maximum atomic E-state index is 13.2. The molecule has 5 nitrogen and oxygen atoms in total. The van der Waals surface area contributed by atoms with Crippen molar-refractivity contribution >= 4 is 40.3 Å². The lowest BCUT2D eigenvalue weighted by molar-refractivity contribution is -0.123. The molecule has 1 atom stereocenters. The summed E-state index contributed by atoms with van der Waals surface area (Å²) in [5.41, 5.74) is 4.63. The number of carbonyl (C=O) groups is 1. The molecule has 0 bridgehead atoms. The minimum Gasteiger partial charge on any atom is -0.489 e. The van der Waals surface area contributed by atoms with Crippen molar-refractivity contribution in [3.05, 3.63) is 107 Å². The number of para-hydroxylation sites is 1. The number of thioether (sulfide) groups is 1. The second-order valence-corrected chi connectivity index (χ2v) is 10.5. The molecule has 37 heavy (non-hydrogen) atoms. The van der Waals surface area contributed by atoms with Crippen LogP contribution in [0.25, 0.3) is 23.0 Å². The Bertz CT molecular complexity index is 1430. The first-order valence-corrected chi connectivity index (χ1v) is 13.4. The summed E-state index contributed by atoms with van der Waals surface area (Å²) in [6, 6.07) is 28.0. The van der Waals surface area contributed by atoms with E-state index in [2.05, 4.69) is 6.92 Å². The van der Waals surface area contributed by atoms with Gasteiger partial charge in [-0.15, -0.1) is 0 Å². The van der Waals surface area contributed by atoms with Crippen molar-refractivity contribution < 1.29 is 9.53 Å². The lowest BCUT2D eigenvalue weighted by Gasteiger charge is -2.21. The van der Waals surface area contributed by atoms with Crippen molar-refractivity contribution in [1.82, 2.24) is 14.7 Å². The van der Waals surface area contributed by atoms with Crippen molar-refractivity contribution in [3.8, 4) is 22.7 Å². The lowest BCUT2D eigenvalue weighted by atomic mass is 10.1. The Kier molecular flexibility index (Phi) is 7.53. The average Bonchev–Trinajstić information content (AvgIpc) is 3.48. The minimum absolute atomic E-state index is 0.0487. The monoisotopic (exact) mass is 525 g/mol. The van der Waals surface area contributed by atoms with Gasteiger partial charge in [0, 0.05) is 23.4 Å². The molecule has 0 spiro atoms. The van der Waals surface area contributed by atoms with Crippen LogP contribution in [0.4, 0.5) is 0 Å². The van der Waals surface area contributed by atoms with Crippen molar-refractivity contribution in [2.45, 2.75) is 32.9 Å². The average molecular weight is 526 g/mol. The third-order valence-corrected chi connectivity index (χ3v) is 7.61. The summed E-state index contributed by atoms with van der Waals surface area (Å²) < 4.78 is 8.40. The number of ether oxygens (including phenoxy) is 1. The van der Waals surface area contributed by atoms with Crippen LogP contribution in [0.5, 0.6) is 5.75 Å². The van der Waals surface area contributed by atoms with Crippen molar-refractivity contribution in [3.63, 3.8) is 0 Å². The molecule has 1 aliphatic heterocycles. The van der Waals surface area contributed by atoms with Crippen molar-refractivity contribution in [1.29, 1.82) is 0 Å². The number of hydrogen-bond acceptors (Lipinski definition) is 5. The Morgan fingerprint density at radius 3 is 2.35 bits per heavy atom. The molecule has 1 amide bonds. The summed E-state index contributed by atoms with van der Waals surface area (Å²) in [5.74, 6) is 0.735. The zero-order valence-electron chi connectivity index (χ0n) is 20.7. The molecule has 0 N–H and O–H groups in total. The molecule has 186 valence electrons. The first kappa shape index (κ1) is 25.0. The van der Waals surface area contributed by atoms with Crippen LogP contribution in [-0.2, 0) is 11.4 Å². The standard InChI is InChI=1S/C30H27N3O2S2/c1-3-21(2)33-29(34)27(37-30(33)36)18-24-19-32(25-12-8-5-9-13-25)31-28(24)23-14-16-26(17-15-23)35-20-22-10-6-4-7-11-22/h4-19,21H,3,20H2,1-2H3/b27-18-/t21-/m0/s1. The van der Waals surface area contributed by atoms with Gasteiger partial charge in [-0.25, -0.2) is 4.68 Å². The van der Waals surface area contributed by atoms with Gasteiger partial charge >= 0.3 is 0 Å². The fourth-order valence-corrected chi connectivity index (χ4v) is 5.52. The highest BCUT2D eigenvalue weighted by molar-refractivity contribution is 8.26. The van der Waals surface area contributed by atoms with Gasteiger partial charge in [-0.05, 0) is 61.4 Å². The molecule has 4 aromatic rings. The van der Waals surface area contributed by atoms with Crippen LogP contribution in [-0.4, -0.2) is 30.9 Å². The smallest absolute Gasteiger partial charge is 0.266 e. The van der Waals surface area contributed by atoms with Gasteiger partial charge < -0.3 is 4.74 Å². The Morgan fingerprint density at radius 2 is 1.68 bits per heavy atom. The second-order valence-electron chi connectivity index (χ2n) is 8.82. The van der Waals surface area contributed by atoms with E-state index in [1.807, 2.05) is 109 Å². The number of amides is 1. The molecule has 1 fully saturated rings. The Morgan fingerprint density at radius 1 is 1.00 bits per heavy atom. The van der Waals surface area contributed by atoms with Crippen LogP contribution < -0.4 is 4.74 Å². The molecule has 7 heteroatoms. The highest BCUT2D eigenvalue weighted by Gasteiger charge is 2.35. The van der Waals surface area contributed by atoms with Gasteiger partial charge in [0.05, 0.1) is 16.3 Å². The van der Waals surface area contributed by atoms with Gasteiger partial charge in [0.1, 0.15) is 16.7 Å². The zero-order valence-corrected chi connectivity index (χ0v) is 22.3. The Hall–Kier alpha value is -3.68. The summed E-state index contributed by atoms with van der Waals surface area (Å²) in [6.07, 6.45) is 4.71. The van der Waals surface area contributed by atoms with Crippen LogP contribution in [0.1, 0.15) is 31.4 Å². The number of rotatable bonds is 8. The lowest BCUT2D eigenvalue weighted by Crippen LogP contribution is -2.36. The van der Waals surface area contributed by atoms with Crippen molar-refractivity contribution in [2.24, 2.45) is 0 Å². The van der Waals surface area contributed by atoms with E-state index in [-0.39, 0.29) is 11.9 Å². The summed E-state index contributed by atoms with van der Waals surface area (Å²) >= 11 is 6.88. The third-order valence-electron chi connectivity index (χ3n) is 6.28. The molecule has 0 saturated carbocycles. The number of nitrogens with zero attached hydrogens (tertiary/aromatic N) is 3. The fraction of sp³-hybridized carbons (Fsp3) is 0.167. The molecule has 0 aliphatic carbocycles. The summed E-state index contributed by atoms with van der Waals surface area (Å²) in [4.78, 5) is 15.5. The maximum absolute atomic E-state index is 13.2. The Labute approximate surface area is 226 Å². The molecule has 1 aromatic heterocycles. The minimum atomic E-state index is -0.0487. The highest BCUT2D eigenvalue weighted by Crippen LogP contribution is 2.36. The van der Waals surface area contributed by atoms with E-state index in [0.717, 1.165) is 40.2 Å². The zero-order chi connectivity index (χ0) is 25.8. The van der Waals surface area contributed by atoms with Crippen LogP contribution in [0.2, 0.25) is 0 Å². The van der Waals surface area contributed by atoms with Crippen LogP contribution in [0, 0.1) is 0 Å². The molecular formula is C30H27N3O2S2. The normalized spacial score (nSPS) is 15.4. The molecular weight excluding hydrogens is 498 g/mol. The van der Waals surface area contributed by atoms with Crippen LogP contribution in [0.3, 0.4) is 0 Å². The molecule has 0 unspecified atom stereocenters. The molecule has 1 aliphatic rings. The number of benzene rings is 3. The van der Waals surface area contributed by atoms with Gasteiger partial charge in [0.15, 0.2) is 0 Å². The number of aromatic nitrogens is 2. The molecule has 5 rings (SSSR count). The summed E-state index contributed by atoms with van der Waals surface area (Å²) in [6.45, 7) is 4.59. The van der Waals surface area contributed by atoms with Gasteiger partial charge in [-0.2, -0.15) is 5.10 Å². The topological polar surface area (TPSA) is 47.4 Å². The molecule has 1 saturated heterocycles. The molecule has 3 aromatic carbocycles. The predicted molar refractivity (Wildman–Crippen MR) is 155 cm³/mol. The van der Waals surface area contributed by atoms with E-state index in [1.165, 1.54) is 11.8 Å². The van der Waals surface area contributed by atoms with E-state index in [4.69, 9.17) is 22.1 Å². The summed E-state index contributed by atoms with van der Waals surface area (Å²) in [7, 11) is 0. The predicted octanol–water partition coefficient (Wildman–Crippen LogP) is 7.12. The van der Waals surface area contributed by atoms with Crippen molar-refractivity contribution in [2.75, 3.05) is 0 Å². The van der Waals surface area contributed by atoms with E-state index >= 15 is 0 Å². The number of hydrogen-bond donors (Lipinski definition) is 0. The SMILES string of the molecule is CC[C@H](C)N1C(=O)/C(=C/c2cn(-c3ccccc3)nc2-c2ccc(OCc3ccccc3)cc2)SC1=S. The second kappa shape index (κ2) is 11.2. The van der Waals surface area contributed by atoms with E-state index in [0.29, 0.717) is 15.8 Å². The van der Waals surface area contributed by atoms with Crippen LogP contribution in [0.15, 0.2) is 96.0 Å². The largest absolute Gasteiger partial charge is 0.489 e. The third kappa shape index (κ3) is 5.53. The highest BCUT2D eigenvalue weighted by atomic mass is 32.2. The van der Waals surface area contributed by atoms with E-state index in [9.17, 15) is 4.79 Å². The van der Waals surface area contributed by atoms with E-state index < -0.39 is 0 Å². The quantitative estimate of drug-likeness (QED) is 0.181. The van der Waals surface area contributed by atoms with Gasteiger partial charge in [-0.3, -0.25) is 9.69 Å². The molecule has 2 heterocycles. The summed E-state index contributed by atoms with van der Waals surface area (Å²) in [5, 5.41) is 4.89. The van der Waals surface area contributed by atoms with Crippen LogP contribution >= 0.6 is 24.0 Å². The Balaban J connectivity index is 1.46. The number of thiocarbonyl (C=S) groups is 1. The first-order valence-electron chi connectivity index (χ1n) is 12.2. The van der Waals surface area contributed by atoms with Gasteiger partial charge in [-0.1, -0.05) is 79.4 Å². The first-order chi connectivity index (χ1) is 18.0.